The molecule has 1 amide bonds. The molecule has 18 heteroatoms. The van der Waals surface area contributed by atoms with Gasteiger partial charge in [-0.3, -0.25) is 15.5 Å². The number of hydrogen-bond acceptors (Lipinski definition) is 3. The molecule has 0 saturated heterocycles. The third kappa shape index (κ3) is 4.91. The van der Waals surface area contributed by atoms with Gasteiger partial charge in [0.15, 0.2) is 5.82 Å². The molecule has 1 atom stereocenters. The Morgan fingerprint density at radius 1 is 0.861 bits per heavy atom. The summed E-state index contributed by atoms with van der Waals surface area (Å²) >= 11 is 2.19. The zero-order valence-electron chi connectivity index (χ0n) is 16.5. The molecule has 1 unspecified atom stereocenters. The molecular weight excluding hydrogens is 603 g/mol. The fourth-order valence-electron chi connectivity index (χ4n) is 2.85. The highest BCUT2D eigenvalue weighted by molar-refractivity contribution is 9.10. The van der Waals surface area contributed by atoms with Crippen molar-refractivity contribution in [2.45, 2.75) is 30.1 Å². The van der Waals surface area contributed by atoms with E-state index in [0.717, 1.165) is 12.1 Å². The Morgan fingerprint density at radius 3 is 1.86 bits per heavy atom. The number of benzene rings is 2. The molecule has 0 aliphatic rings. The lowest BCUT2D eigenvalue weighted by Gasteiger charge is -2.36. The van der Waals surface area contributed by atoms with Gasteiger partial charge in [0.2, 0.25) is 0 Å². The van der Waals surface area contributed by atoms with Crippen LogP contribution in [0.1, 0.15) is 21.5 Å². The molecule has 4 nitrogen and oxygen atoms in total. The summed E-state index contributed by atoms with van der Waals surface area (Å²) in [7, 11) is 0. The van der Waals surface area contributed by atoms with Crippen LogP contribution in [0.15, 0.2) is 34.8 Å². The zero-order valence-corrected chi connectivity index (χ0v) is 18.1. The molecule has 200 valence electrons. The Balaban J connectivity index is 2.79. The normalized spacial score (nSPS) is 14.9. The predicted octanol–water partition coefficient (Wildman–Crippen LogP) is 7.59. The summed E-state index contributed by atoms with van der Waals surface area (Å²) in [4.78, 5) is 12.3. The summed E-state index contributed by atoms with van der Waals surface area (Å²) in [5.74, 6) is -10.5. The summed E-state index contributed by atoms with van der Waals surface area (Å²) < 4.78 is 173. The molecule has 36 heavy (non-hydrogen) atoms. The van der Waals surface area contributed by atoms with Crippen LogP contribution < -0.4 is 10.8 Å². The predicted molar refractivity (Wildman–Crippen MR) is 98.7 cm³/mol. The summed E-state index contributed by atoms with van der Waals surface area (Å²) in [6, 6.07) is 1.02. The number of rotatable bonds is 5. The first kappa shape index (κ1) is 29.5. The van der Waals surface area contributed by atoms with E-state index < -0.39 is 86.5 Å². The van der Waals surface area contributed by atoms with E-state index in [9.17, 15) is 61.9 Å². The summed E-state index contributed by atoms with van der Waals surface area (Å²) in [5, 5.41) is 10.2. The maximum absolute atomic E-state index is 14.7. The lowest BCUT2D eigenvalue weighted by molar-refractivity contribution is -0.389. The van der Waals surface area contributed by atoms with Gasteiger partial charge in [-0.05, 0) is 40.2 Å². The van der Waals surface area contributed by atoms with E-state index in [1.165, 1.54) is 10.8 Å². The number of amides is 1. The Labute approximate surface area is 199 Å². The van der Waals surface area contributed by atoms with Crippen LogP contribution in [0.2, 0.25) is 0 Å². The average Bonchev–Trinajstić information content (AvgIpc) is 2.71. The number of hydrogen-bond donors (Lipinski definition) is 3. The molecule has 0 aromatic heterocycles. The van der Waals surface area contributed by atoms with Crippen LogP contribution in [0, 0.1) is 5.82 Å². The van der Waals surface area contributed by atoms with Crippen molar-refractivity contribution in [3.05, 3.63) is 57.3 Å². The van der Waals surface area contributed by atoms with Crippen molar-refractivity contribution in [2.75, 3.05) is 10.8 Å². The van der Waals surface area contributed by atoms with Crippen LogP contribution in [0.3, 0.4) is 0 Å². The Morgan fingerprint density at radius 2 is 1.42 bits per heavy atom. The minimum absolute atomic E-state index is 0.472. The van der Waals surface area contributed by atoms with E-state index in [1.807, 2.05) is 0 Å². The van der Waals surface area contributed by atoms with Crippen molar-refractivity contribution < 1.29 is 67.1 Å². The summed E-state index contributed by atoms with van der Waals surface area (Å²) in [6.45, 7) is 0. The van der Waals surface area contributed by atoms with Gasteiger partial charge < -0.3 is 5.32 Å². The number of alkyl halides is 12. The lowest BCUT2D eigenvalue weighted by Crippen LogP contribution is -2.59. The van der Waals surface area contributed by atoms with Gasteiger partial charge in [-0.2, -0.15) is 48.3 Å². The highest BCUT2D eigenvalue weighted by Gasteiger charge is 2.81. The van der Waals surface area contributed by atoms with Crippen molar-refractivity contribution in [3.8, 4) is 0 Å². The first-order chi connectivity index (χ1) is 16.1. The minimum atomic E-state index is -7.26. The van der Waals surface area contributed by atoms with Crippen molar-refractivity contribution in [1.29, 1.82) is 0 Å². The molecule has 0 heterocycles. The van der Waals surface area contributed by atoms with E-state index in [0.29, 0.717) is 6.07 Å². The van der Waals surface area contributed by atoms with E-state index >= 15 is 0 Å². The molecule has 0 spiro atoms. The van der Waals surface area contributed by atoms with Gasteiger partial charge in [0.25, 0.3) is 5.91 Å². The quantitative estimate of drug-likeness (QED) is 0.242. The topological polar surface area (TPSA) is 61.4 Å². The molecule has 2 aromatic carbocycles. The van der Waals surface area contributed by atoms with Gasteiger partial charge >= 0.3 is 30.1 Å². The van der Waals surface area contributed by atoms with Gasteiger partial charge in [0.1, 0.15) is 0 Å². The first-order valence-electron chi connectivity index (χ1n) is 8.72. The number of nitrogens with one attached hydrogen (secondary N) is 2. The smallest absolute Gasteiger partial charge is 0.320 e. The Hall–Kier alpha value is -2.76. The monoisotopic (exact) mass is 610 g/mol. The maximum atomic E-state index is 14.7. The second kappa shape index (κ2) is 9.28. The molecule has 0 aliphatic carbocycles. The van der Waals surface area contributed by atoms with Crippen molar-refractivity contribution >= 4 is 33.2 Å². The summed E-state index contributed by atoms with van der Waals surface area (Å²) in [5.41, 5.74) is -14.0. The molecule has 2 rings (SSSR count). The third-order valence-electron chi connectivity index (χ3n) is 4.58. The second-order valence-electron chi connectivity index (χ2n) is 6.84. The third-order valence-corrected chi connectivity index (χ3v) is 5.20. The largest absolute Gasteiger partial charge is 0.457 e. The van der Waals surface area contributed by atoms with Crippen LogP contribution in [0.5, 0.6) is 0 Å². The number of halogens is 14. The van der Waals surface area contributed by atoms with Crippen molar-refractivity contribution in [1.82, 2.24) is 0 Å². The van der Waals surface area contributed by atoms with Crippen LogP contribution in [0.4, 0.5) is 68.5 Å². The highest BCUT2D eigenvalue weighted by Crippen LogP contribution is 2.59. The van der Waals surface area contributed by atoms with E-state index in [4.69, 9.17) is 5.21 Å². The summed E-state index contributed by atoms with van der Waals surface area (Å²) in [6.07, 6.45) is -20.1. The van der Waals surface area contributed by atoms with Gasteiger partial charge in [-0.15, -0.1) is 0 Å². The molecule has 3 N–H and O–H groups in total. The fraction of sp³-hybridized carbons (Fsp3) is 0.278. The zero-order chi connectivity index (χ0) is 28.1. The Kier molecular flexibility index (Phi) is 7.59. The molecule has 0 fully saturated rings. The van der Waals surface area contributed by atoms with Gasteiger partial charge in [-0.1, -0.05) is 6.07 Å². The van der Waals surface area contributed by atoms with Crippen LogP contribution in [-0.4, -0.2) is 29.4 Å². The fourth-order valence-corrected chi connectivity index (χ4v) is 3.41. The van der Waals surface area contributed by atoms with E-state index in [1.54, 1.807) is 0 Å². The molecular formula is C18H8BrF13N2O2. The highest BCUT2D eigenvalue weighted by atomic mass is 79.9. The second-order valence-corrected chi connectivity index (χ2v) is 7.69. The Bertz CT molecular complexity index is 1160. The van der Waals surface area contributed by atoms with Gasteiger partial charge in [0.05, 0.1) is 22.5 Å². The number of carbonyl (C=O) groups is 1. The van der Waals surface area contributed by atoms with E-state index in [2.05, 4.69) is 15.9 Å². The molecule has 0 aliphatic heterocycles. The first-order valence-corrected chi connectivity index (χ1v) is 9.52. The average molecular weight is 611 g/mol. The van der Waals surface area contributed by atoms with Crippen LogP contribution in [-0.2, 0) is 11.8 Å². The van der Waals surface area contributed by atoms with Crippen LogP contribution in [0.25, 0.3) is 0 Å². The van der Waals surface area contributed by atoms with Gasteiger partial charge in [-0.25, -0.2) is 8.78 Å². The molecule has 0 radical (unpaired) electrons. The number of carbonyl (C=O) groups excluding carboxylic acids is 1. The molecule has 0 saturated carbocycles. The van der Waals surface area contributed by atoms with Crippen molar-refractivity contribution in [2.24, 2.45) is 0 Å². The molecule has 0 bridgehead atoms. The molecule has 2 aromatic rings. The van der Waals surface area contributed by atoms with Gasteiger partial charge in [0, 0.05) is 10.0 Å². The minimum Gasteiger partial charge on any atom is -0.320 e. The SMILES string of the molecule is O=C(Nc1c(Br)cc(C(F)(C(F)(F)F)C(F)(F)C(F)(F)F)cc1C(F)(F)F)c1cccc(NO)c1F. The maximum Gasteiger partial charge on any atom is 0.457 e. The standard InChI is InChI=1S/C18H8BrF13N2O2/c19-9-5-6(14(21,17(27,28)29)16(25,26)18(30,31)32)4-8(15(22,23)24)12(9)33-13(35)7-2-1-3-10(34-36)11(7)20/h1-5,34,36H,(H,33,35). The van der Waals surface area contributed by atoms with Crippen LogP contribution >= 0.6 is 15.9 Å². The van der Waals surface area contributed by atoms with Crippen molar-refractivity contribution in [3.63, 3.8) is 0 Å². The number of anilines is 2. The lowest BCUT2D eigenvalue weighted by atomic mass is 9.86. The van der Waals surface area contributed by atoms with E-state index in [-0.39, 0.29) is 0 Å².